The highest BCUT2D eigenvalue weighted by atomic mass is 16.5. The van der Waals surface area contributed by atoms with Crippen molar-refractivity contribution in [1.29, 1.82) is 0 Å². The maximum atomic E-state index is 9.98. The summed E-state index contributed by atoms with van der Waals surface area (Å²) in [5.41, 5.74) is 4.09. The van der Waals surface area contributed by atoms with Gasteiger partial charge >= 0.3 is 0 Å². The second-order valence-corrected chi connectivity index (χ2v) is 8.93. The van der Waals surface area contributed by atoms with E-state index in [1.807, 2.05) is 45.0 Å². The number of rotatable bonds is 9. The zero-order valence-electron chi connectivity index (χ0n) is 20.1. The molecule has 1 aliphatic carbocycles. The molecule has 0 spiro atoms. The summed E-state index contributed by atoms with van der Waals surface area (Å²) >= 11 is 0. The highest BCUT2D eigenvalue weighted by Crippen LogP contribution is 2.34. The number of aliphatic hydroxyl groups is 2. The first kappa shape index (κ1) is 24.1. The van der Waals surface area contributed by atoms with E-state index in [9.17, 15) is 10.2 Å². The fraction of sp³-hybridized carbons (Fsp3) is 0.480. The van der Waals surface area contributed by atoms with Crippen LogP contribution in [0.25, 0.3) is 22.6 Å². The number of likely N-dealkylation sites (N-methyl/N-ethyl adjacent to an activating group) is 1. The van der Waals surface area contributed by atoms with Crippen LogP contribution in [0.4, 0.5) is 5.82 Å². The van der Waals surface area contributed by atoms with Gasteiger partial charge in [-0.05, 0) is 59.2 Å². The molecule has 3 atom stereocenters. The molecule has 1 saturated carbocycles. The average molecular weight is 468 g/mol. The van der Waals surface area contributed by atoms with Gasteiger partial charge in [0.05, 0.1) is 23.1 Å². The molecule has 4 N–H and O–H groups in total. The first-order valence-electron chi connectivity index (χ1n) is 11.7. The van der Waals surface area contributed by atoms with Crippen LogP contribution < -0.4 is 15.4 Å². The SMILES string of the molecule is CNCC(O)COc1cccc(-c2nc(N[C@H]3CC[C@H](O)C3)c(C)c(-c3c(C)noc3C)n2)c1. The zero-order chi connectivity index (χ0) is 24.2. The smallest absolute Gasteiger partial charge is 0.162 e. The third-order valence-corrected chi connectivity index (χ3v) is 6.14. The molecule has 3 aromatic rings. The van der Waals surface area contributed by atoms with E-state index < -0.39 is 6.10 Å². The van der Waals surface area contributed by atoms with Gasteiger partial charge in [0.1, 0.15) is 30.0 Å². The number of anilines is 1. The number of nitrogens with one attached hydrogen (secondary N) is 2. The fourth-order valence-corrected chi connectivity index (χ4v) is 4.34. The van der Waals surface area contributed by atoms with Crippen LogP contribution >= 0.6 is 0 Å². The van der Waals surface area contributed by atoms with Crippen molar-refractivity contribution < 1.29 is 19.5 Å². The number of benzene rings is 1. The molecule has 1 aliphatic rings. The van der Waals surface area contributed by atoms with Crippen LogP contribution in [0.15, 0.2) is 28.8 Å². The number of aromatic nitrogens is 3. The molecule has 2 aromatic heterocycles. The Hall–Kier alpha value is -3.01. The van der Waals surface area contributed by atoms with Crippen molar-refractivity contribution in [2.75, 3.05) is 25.5 Å². The van der Waals surface area contributed by atoms with Crippen molar-refractivity contribution >= 4 is 5.82 Å². The molecule has 0 amide bonds. The Kier molecular flexibility index (Phi) is 7.45. The summed E-state index contributed by atoms with van der Waals surface area (Å²) in [6.45, 7) is 6.40. The van der Waals surface area contributed by atoms with Crippen molar-refractivity contribution in [3.8, 4) is 28.4 Å². The summed E-state index contributed by atoms with van der Waals surface area (Å²) in [6.07, 6.45) is 1.47. The van der Waals surface area contributed by atoms with Gasteiger partial charge < -0.3 is 30.1 Å². The van der Waals surface area contributed by atoms with Crippen molar-refractivity contribution in [2.24, 2.45) is 0 Å². The monoisotopic (exact) mass is 467 g/mol. The Morgan fingerprint density at radius 3 is 2.71 bits per heavy atom. The molecule has 4 rings (SSSR count). The van der Waals surface area contributed by atoms with Gasteiger partial charge in [-0.2, -0.15) is 0 Å². The van der Waals surface area contributed by atoms with E-state index in [0.717, 1.165) is 46.7 Å². The lowest BCUT2D eigenvalue weighted by atomic mass is 10.0. The second-order valence-electron chi connectivity index (χ2n) is 8.93. The van der Waals surface area contributed by atoms with Crippen LogP contribution in [-0.2, 0) is 0 Å². The maximum absolute atomic E-state index is 9.98. The predicted molar refractivity (Wildman–Crippen MR) is 130 cm³/mol. The topological polar surface area (TPSA) is 126 Å². The third kappa shape index (κ3) is 5.38. The molecule has 182 valence electrons. The molecule has 34 heavy (non-hydrogen) atoms. The molecule has 0 aliphatic heterocycles. The third-order valence-electron chi connectivity index (χ3n) is 6.14. The summed E-state index contributed by atoms with van der Waals surface area (Å²) in [7, 11) is 1.78. The summed E-state index contributed by atoms with van der Waals surface area (Å²) in [6, 6.07) is 7.68. The van der Waals surface area contributed by atoms with Gasteiger partial charge in [-0.1, -0.05) is 17.3 Å². The minimum absolute atomic E-state index is 0.150. The van der Waals surface area contributed by atoms with E-state index in [0.29, 0.717) is 30.3 Å². The number of hydrogen-bond donors (Lipinski definition) is 4. The van der Waals surface area contributed by atoms with E-state index in [4.69, 9.17) is 19.2 Å². The molecule has 0 radical (unpaired) electrons. The molecule has 0 saturated heterocycles. The number of aryl methyl sites for hydroxylation is 2. The molecule has 1 unspecified atom stereocenters. The van der Waals surface area contributed by atoms with Crippen molar-refractivity contribution in [1.82, 2.24) is 20.4 Å². The maximum Gasteiger partial charge on any atom is 0.162 e. The summed E-state index contributed by atoms with van der Waals surface area (Å²) in [4.78, 5) is 9.76. The average Bonchev–Trinajstić information content (AvgIpc) is 3.38. The van der Waals surface area contributed by atoms with E-state index in [1.54, 1.807) is 7.05 Å². The largest absolute Gasteiger partial charge is 0.491 e. The Morgan fingerprint density at radius 1 is 1.21 bits per heavy atom. The number of nitrogens with zero attached hydrogens (tertiary/aromatic N) is 3. The van der Waals surface area contributed by atoms with Crippen molar-refractivity contribution in [3.63, 3.8) is 0 Å². The first-order valence-corrected chi connectivity index (χ1v) is 11.7. The minimum atomic E-state index is -0.604. The first-order chi connectivity index (χ1) is 16.4. The van der Waals surface area contributed by atoms with Crippen LogP contribution in [0.1, 0.15) is 36.3 Å². The van der Waals surface area contributed by atoms with Gasteiger partial charge in [0.25, 0.3) is 0 Å². The quantitative estimate of drug-likeness (QED) is 0.376. The zero-order valence-corrected chi connectivity index (χ0v) is 20.1. The molecule has 1 aromatic carbocycles. The Bertz CT molecular complexity index is 1110. The second kappa shape index (κ2) is 10.5. The van der Waals surface area contributed by atoms with Crippen LogP contribution in [-0.4, -0.2) is 63.8 Å². The highest BCUT2D eigenvalue weighted by Gasteiger charge is 2.26. The predicted octanol–water partition coefficient (Wildman–Crippen LogP) is 3.01. The lowest BCUT2D eigenvalue weighted by Gasteiger charge is -2.18. The molecule has 9 heteroatoms. The van der Waals surface area contributed by atoms with Crippen LogP contribution in [0.3, 0.4) is 0 Å². The molecule has 9 nitrogen and oxygen atoms in total. The molecular weight excluding hydrogens is 434 g/mol. The molecule has 1 fully saturated rings. The number of aliphatic hydroxyl groups excluding tert-OH is 2. The van der Waals surface area contributed by atoms with E-state index in [1.165, 1.54) is 0 Å². The van der Waals surface area contributed by atoms with Gasteiger partial charge in [-0.25, -0.2) is 9.97 Å². The van der Waals surface area contributed by atoms with Crippen LogP contribution in [0, 0.1) is 20.8 Å². The van der Waals surface area contributed by atoms with Crippen LogP contribution in [0.5, 0.6) is 5.75 Å². The normalized spacial score (nSPS) is 18.8. The molecular formula is C25H33N5O4. The summed E-state index contributed by atoms with van der Waals surface area (Å²) < 4.78 is 11.2. The Labute approximate surface area is 199 Å². The van der Waals surface area contributed by atoms with E-state index in [2.05, 4.69) is 15.8 Å². The molecule has 2 heterocycles. The van der Waals surface area contributed by atoms with E-state index in [-0.39, 0.29) is 18.8 Å². The van der Waals surface area contributed by atoms with Crippen molar-refractivity contribution in [2.45, 2.75) is 58.3 Å². The summed E-state index contributed by atoms with van der Waals surface area (Å²) in [5.74, 6) is 2.60. The molecule has 0 bridgehead atoms. The van der Waals surface area contributed by atoms with Gasteiger partial charge in [-0.15, -0.1) is 0 Å². The lowest BCUT2D eigenvalue weighted by Crippen LogP contribution is -2.29. The van der Waals surface area contributed by atoms with Gasteiger partial charge in [-0.3, -0.25) is 0 Å². The Balaban J connectivity index is 1.71. The van der Waals surface area contributed by atoms with Crippen LogP contribution in [0.2, 0.25) is 0 Å². The van der Waals surface area contributed by atoms with Gasteiger partial charge in [0.15, 0.2) is 5.82 Å². The number of ether oxygens (including phenoxy) is 1. The highest BCUT2D eigenvalue weighted by molar-refractivity contribution is 5.74. The van der Waals surface area contributed by atoms with Gasteiger partial charge in [0, 0.05) is 23.7 Å². The van der Waals surface area contributed by atoms with Crippen molar-refractivity contribution in [3.05, 3.63) is 41.3 Å². The number of hydrogen-bond acceptors (Lipinski definition) is 9. The lowest BCUT2D eigenvalue weighted by molar-refractivity contribution is 0.108. The standard InChI is InChI=1S/C25H33N5O4/c1-14-23(22-15(2)30-34-16(22)3)28-25(29-24(14)27-18-8-9-19(31)11-18)17-6-5-7-21(10-17)33-13-20(32)12-26-4/h5-7,10,18-20,26,31-32H,8-9,11-13H2,1-4H3,(H,27,28,29)/t18-,19-,20?/m0/s1. The minimum Gasteiger partial charge on any atom is -0.491 e. The van der Waals surface area contributed by atoms with Gasteiger partial charge in [0.2, 0.25) is 0 Å². The summed E-state index contributed by atoms with van der Waals surface area (Å²) in [5, 5.41) is 30.5. The Morgan fingerprint density at radius 2 is 2.03 bits per heavy atom. The fourth-order valence-electron chi connectivity index (χ4n) is 4.34. The van der Waals surface area contributed by atoms with E-state index >= 15 is 0 Å².